The molecule has 0 saturated carbocycles. The Morgan fingerprint density at radius 3 is 2.57 bits per heavy atom. The molecule has 1 atom stereocenters. The van der Waals surface area contributed by atoms with Crippen molar-refractivity contribution in [2.45, 2.75) is 40.2 Å². The molecule has 0 aromatic carbocycles. The Morgan fingerprint density at radius 1 is 1.38 bits per heavy atom. The molecular formula is C15H28N2O4. The number of carboxylic acids is 1. The summed E-state index contributed by atoms with van der Waals surface area (Å²) >= 11 is 0. The number of nitrogens with zero attached hydrogens (tertiary/aromatic N) is 2. The van der Waals surface area contributed by atoms with E-state index >= 15 is 0 Å². The first kappa shape index (κ1) is 17.9. The minimum atomic E-state index is -0.932. The highest BCUT2D eigenvalue weighted by Gasteiger charge is 2.37. The van der Waals surface area contributed by atoms with Gasteiger partial charge >= 0.3 is 5.97 Å². The Kier molecular flexibility index (Phi) is 6.61. The van der Waals surface area contributed by atoms with Gasteiger partial charge in [-0.2, -0.15) is 0 Å². The molecule has 6 heteroatoms. The zero-order valence-electron chi connectivity index (χ0n) is 13.6. The second-order valence-corrected chi connectivity index (χ2v) is 6.67. The van der Waals surface area contributed by atoms with Gasteiger partial charge in [0.1, 0.15) is 0 Å². The van der Waals surface area contributed by atoms with Crippen molar-refractivity contribution < 1.29 is 19.4 Å². The lowest BCUT2D eigenvalue weighted by Crippen LogP contribution is -2.59. The number of hydrogen-bond donors (Lipinski definition) is 1. The zero-order valence-corrected chi connectivity index (χ0v) is 13.6. The molecule has 0 aliphatic carbocycles. The van der Waals surface area contributed by atoms with Crippen molar-refractivity contribution in [1.29, 1.82) is 0 Å². The van der Waals surface area contributed by atoms with Gasteiger partial charge in [0.25, 0.3) is 0 Å². The van der Waals surface area contributed by atoms with Crippen LogP contribution in [-0.2, 0) is 14.3 Å². The molecule has 122 valence electrons. The third kappa shape index (κ3) is 6.01. The Labute approximate surface area is 127 Å². The van der Waals surface area contributed by atoms with E-state index in [1.54, 1.807) is 4.90 Å². The van der Waals surface area contributed by atoms with Crippen molar-refractivity contribution in [1.82, 2.24) is 9.80 Å². The fraction of sp³-hybridized carbons (Fsp3) is 0.867. The van der Waals surface area contributed by atoms with E-state index in [4.69, 9.17) is 9.84 Å². The number of carbonyl (C=O) groups is 2. The normalized spacial score (nSPS) is 20.9. The van der Waals surface area contributed by atoms with Crippen LogP contribution in [0.15, 0.2) is 0 Å². The van der Waals surface area contributed by atoms with Crippen molar-refractivity contribution >= 4 is 11.9 Å². The smallest absolute Gasteiger partial charge is 0.305 e. The van der Waals surface area contributed by atoms with Gasteiger partial charge in [-0.25, -0.2) is 0 Å². The van der Waals surface area contributed by atoms with E-state index in [2.05, 4.69) is 20.8 Å². The number of ether oxygens (including phenoxy) is 1. The summed E-state index contributed by atoms with van der Waals surface area (Å²) < 4.78 is 5.28. The molecular weight excluding hydrogens is 272 g/mol. The predicted molar refractivity (Wildman–Crippen MR) is 80.1 cm³/mol. The fourth-order valence-electron chi connectivity index (χ4n) is 2.60. The largest absolute Gasteiger partial charge is 0.481 e. The van der Waals surface area contributed by atoms with Crippen LogP contribution >= 0.6 is 0 Å². The van der Waals surface area contributed by atoms with Crippen LogP contribution in [0.2, 0.25) is 0 Å². The van der Waals surface area contributed by atoms with Crippen LogP contribution in [0.25, 0.3) is 0 Å². The lowest BCUT2D eigenvalue weighted by Gasteiger charge is -2.42. The molecule has 21 heavy (non-hydrogen) atoms. The maximum absolute atomic E-state index is 12.5. The van der Waals surface area contributed by atoms with Crippen molar-refractivity contribution in [3.8, 4) is 0 Å². The number of hydrogen-bond acceptors (Lipinski definition) is 4. The van der Waals surface area contributed by atoms with Crippen molar-refractivity contribution in [3.05, 3.63) is 0 Å². The van der Waals surface area contributed by atoms with Crippen LogP contribution in [0, 0.1) is 5.41 Å². The van der Waals surface area contributed by atoms with Crippen LogP contribution in [-0.4, -0.2) is 72.2 Å². The molecule has 1 aliphatic rings. The van der Waals surface area contributed by atoms with Gasteiger partial charge in [-0.1, -0.05) is 20.8 Å². The Bertz CT molecular complexity index is 365. The van der Waals surface area contributed by atoms with Gasteiger partial charge in [0, 0.05) is 32.8 Å². The number of rotatable bonds is 7. The topological polar surface area (TPSA) is 70.1 Å². The first-order chi connectivity index (χ1) is 9.74. The van der Waals surface area contributed by atoms with E-state index in [1.807, 2.05) is 11.8 Å². The van der Waals surface area contributed by atoms with E-state index in [0.29, 0.717) is 32.8 Å². The number of piperazine rings is 1. The quantitative estimate of drug-likeness (QED) is 0.712. The number of amides is 1. The van der Waals surface area contributed by atoms with Crippen LogP contribution < -0.4 is 0 Å². The van der Waals surface area contributed by atoms with E-state index in [-0.39, 0.29) is 17.7 Å². The highest BCUT2D eigenvalue weighted by atomic mass is 16.5. The molecule has 1 aliphatic heterocycles. The van der Waals surface area contributed by atoms with Crippen LogP contribution in [0.1, 0.15) is 34.1 Å². The second-order valence-electron chi connectivity index (χ2n) is 6.67. The summed E-state index contributed by atoms with van der Waals surface area (Å²) in [4.78, 5) is 27.3. The van der Waals surface area contributed by atoms with Gasteiger partial charge in [0.15, 0.2) is 0 Å². The number of aliphatic carboxylic acids is 1. The average Bonchev–Trinajstić information content (AvgIpc) is 2.35. The SMILES string of the molecule is CCOCCN1CCN(CC(C)(C)C)C(CC(=O)O)C1=O. The van der Waals surface area contributed by atoms with Gasteiger partial charge in [0.2, 0.25) is 5.91 Å². The van der Waals surface area contributed by atoms with Crippen molar-refractivity contribution in [2.75, 3.05) is 39.4 Å². The third-order valence-electron chi connectivity index (χ3n) is 3.45. The molecule has 0 bridgehead atoms. The molecule has 1 fully saturated rings. The van der Waals surface area contributed by atoms with Gasteiger partial charge in [-0.3, -0.25) is 14.5 Å². The molecule has 1 amide bonds. The molecule has 1 unspecified atom stereocenters. The standard InChI is InChI=1S/C15H28N2O4/c1-5-21-9-8-16-6-7-17(11-15(2,3)4)12(14(16)20)10-13(18)19/h12H,5-11H2,1-4H3,(H,18,19). The molecule has 0 radical (unpaired) electrons. The van der Waals surface area contributed by atoms with Crippen molar-refractivity contribution in [3.63, 3.8) is 0 Å². The lowest BCUT2D eigenvalue weighted by molar-refractivity contribution is -0.150. The first-order valence-corrected chi connectivity index (χ1v) is 7.57. The monoisotopic (exact) mass is 300 g/mol. The number of carbonyl (C=O) groups excluding carboxylic acids is 1. The Morgan fingerprint density at radius 2 is 2.05 bits per heavy atom. The summed E-state index contributed by atoms with van der Waals surface area (Å²) in [6, 6.07) is -0.558. The molecule has 0 spiro atoms. The maximum Gasteiger partial charge on any atom is 0.305 e. The summed E-state index contributed by atoms with van der Waals surface area (Å²) in [5.41, 5.74) is 0.0323. The molecule has 1 saturated heterocycles. The fourth-order valence-corrected chi connectivity index (χ4v) is 2.60. The minimum Gasteiger partial charge on any atom is -0.481 e. The summed E-state index contributed by atoms with van der Waals surface area (Å²) in [6.07, 6.45) is -0.139. The van der Waals surface area contributed by atoms with Gasteiger partial charge in [0.05, 0.1) is 19.1 Å². The summed E-state index contributed by atoms with van der Waals surface area (Å²) in [5, 5.41) is 9.08. The molecule has 1 rings (SSSR count). The van der Waals surface area contributed by atoms with Gasteiger partial charge in [-0.05, 0) is 12.3 Å². The van der Waals surface area contributed by atoms with E-state index < -0.39 is 12.0 Å². The number of carboxylic acid groups (broad SMARTS) is 1. The predicted octanol–water partition coefficient (Wildman–Crippen LogP) is 1.06. The van der Waals surface area contributed by atoms with Crippen molar-refractivity contribution in [2.24, 2.45) is 5.41 Å². The lowest BCUT2D eigenvalue weighted by atomic mass is 9.94. The molecule has 1 heterocycles. The second kappa shape index (κ2) is 7.75. The molecule has 1 N–H and O–H groups in total. The summed E-state index contributed by atoms with van der Waals surface area (Å²) in [5.74, 6) is -1.02. The highest BCUT2D eigenvalue weighted by molar-refractivity contribution is 5.86. The minimum absolute atomic E-state index is 0.0323. The van der Waals surface area contributed by atoms with Crippen LogP contribution in [0.4, 0.5) is 0 Å². The maximum atomic E-state index is 12.5. The zero-order chi connectivity index (χ0) is 16.0. The summed E-state index contributed by atoms with van der Waals surface area (Å²) in [7, 11) is 0. The Hall–Kier alpha value is -1.14. The molecule has 0 aromatic rings. The van der Waals surface area contributed by atoms with Crippen LogP contribution in [0.3, 0.4) is 0 Å². The molecule has 0 aromatic heterocycles. The summed E-state index contributed by atoms with van der Waals surface area (Å²) in [6.45, 7) is 11.9. The van der Waals surface area contributed by atoms with E-state index in [0.717, 1.165) is 6.54 Å². The van der Waals surface area contributed by atoms with Crippen LogP contribution in [0.5, 0.6) is 0 Å². The van der Waals surface area contributed by atoms with Gasteiger partial charge < -0.3 is 14.7 Å². The molecule has 6 nitrogen and oxygen atoms in total. The third-order valence-corrected chi connectivity index (χ3v) is 3.45. The van der Waals surface area contributed by atoms with E-state index in [1.165, 1.54) is 0 Å². The first-order valence-electron chi connectivity index (χ1n) is 7.57. The Balaban J connectivity index is 2.72. The average molecular weight is 300 g/mol. The van der Waals surface area contributed by atoms with Gasteiger partial charge in [-0.15, -0.1) is 0 Å². The van der Waals surface area contributed by atoms with E-state index in [9.17, 15) is 9.59 Å². The highest BCUT2D eigenvalue weighted by Crippen LogP contribution is 2.22.